The summed E-state index contributed by atoms with van der Waals surface area (Å²) in [6.45, 7) is -3.60. The van der Waals surface area contributed by atoms with Crippen molar-refractivity contribution in [2.24, 2.45) is 0 Å². The average Bonchev–Trinajstić information content (AvgIpc) is 2.69. The molecular formula is C19H14F10N2O2S. The second-order valence-corrected chi connectivity index (χ2v) is 6.98. The Bertz CT molecular complexity index is 996. The van der Waals surface area contributed by atoms with Crippen molar-refractivity contribution in [3.8, 4) is 11.5 Å². The van der Waals surface area contributed by atoms with Gasteiger partial charge in [-0.15, -0.1) is 0 Å². The molecule has 0 amide bonds. The van der Waals surface area contributed by atoms with Gasteiger partial charge >= 0.3 is 24.7 Å². The lowest BCUT2D eigenvalue weighted by molar-refractivity contribution is -0.153. The van der Waals surface area contributed by atoms with Crippen LogP contribution in [-0.2, 0) is 6.18 Å². The number of ether oxygens (including phenoxy) is 2. The van der Waals surface area contributed by atoms with Gasteiger partial charge in [-0.05, 0) is 24.4 Å². The highest BCUT2D eigenvalue weighted by atomic mass is 32.1. The lowest BCUT2D eigenvalue weighted by Crippen LogP contribution is -2.33. The third-order valence-electron chi connectivity index (χ3n) is 3.77. The number of rotatable bonds is 8. The molecule has 0 aliphatic rings. The molecule has 0 spiro atoms. The van der Waals surface area contributed by atoms with Crippen molar-refractivity contribution in [3.63, 3.8) is 0 Å². The predicted molar refractivity (Wildman–Crippen MR) is 106 cm³/mol. The summed E-state index contributed by atoms with van der Waals surface area (Å²) in [4.78, 5) is 0. The largest absolute Gasteiger partial charge is 0.487 e. The van der Waals surface area contributed by atoms with Gasteiger partial charge in [-0.2, -0.15) is 35.1 Å². The van der Waals surface area contributed by atoms with Gasteiger partial charge in [-0.3, -0.25) is 0 Å². The quantitative estimate of drug-likeness (QED) is 0.296. The average molecular weight is 524 g/mol. The highest BCUT2D eigenvalue weighted by molar-refractivity contribution is 7.80. The molecule has 34 heavy (non-hydrogen) atoms. The number of benzene rings is 2. The van der Waals surface area contributed by atoms with Crippen LogP contribution in [0.4, 0.5) is 55.3 Å². The highest BCUT2D eigenvalue weighted by Crippen LogP contribution is 2.35. The van der Waals surface area contributed by atoms with Crippen LogP contribution in [-0.4, -0.2) is 36.9 Å². The molecule has 0 aromatic heterocycles. The van der Waals surface area contributed by atoms with Crippen molar-refractivity contribution >= 4 is 28.7 Å². The number of anilines is 2. The summed E-state index contributed by atoms with van der Waals surface area (Å²) in [6.07, 6.45) is -13.6. The zero-order valence-corrected chi connectivity index (χ0v) is 17.4. The van der Waals surface area contributed by atoms with Crippen molar-refractivity contribution < 1.29 is 53.4 Å². The molecule has 0 radical (unpaired) electrons. The number of thiocarbonyl (C=S) groups is 1. The van der Waals surface area contributed by atoms with Gasteiger partial charge in [0, 0.05) is 23.9 Å². The third-order valence-corrected chi connectivity index (χ3v) is 3.98. The minimum absolute atomic E-state index is 0.253. The molecule has 0 saturated heterocycles. The van der Waals surface area contributed by atoms with Crippen molar-refractivity contribution in [2.75, 3.05) is 23.8 Å². The van der Waals surface area contributed by atoms with Crippen LogP contribution in [0.5, 0.6) is 11.5 Å². The first-order valence-corrected chi connectivity index (χ1v) is 9.35. The Balaban J connectivity index is 2.24. The molecule has 2 rings (SSSR count). The van der Waals surface area contributed by atoms with E-state index in [0.717, 1.165) is 36.4 Å². The molecule has 2 N–H and O–H groups in total. The number of para-hydroxylation sites is 1. The molecule has 15 heteroatoms. The lowest BCUT2D eigenvalue weighted by Gasteiger charge is -2.19. The highest BCUT2D eigenvalue weighted by Gasteiger charge is 2.41. The number of hydrogen-bond donors (Lipinski definition) is 2. The summed E-state index contributed by atoms with van der Waals surface area (Å²) in [7, 11) is 0. The summed E-state index contributed by atoms with van der Waals surface area (Å²) in [5, 5.41) is 4.13. The minimum atomic E-state index is -4.77. The molecule has 0 unspecified atom stereocenters. The van der Waals surface area contributed by atoms with E-state index in [2.05, 4.69) is 20.1 Å². The molecule has 188 valence electrons. The van der Waals surface area contributed by atoms with Crippen molar-refractivity contribution in [2.45, 2.75) is 24.7 Å². The van der Waals surface area contributed by atoms with E-state index < -0.39 is 65.8 Å². The Morgan fingerprint density at radius 2 is 1.38 bits per heavy atom. The SMILES string of the molecule is FC(F)C(F)(F)COc1cc(NC(=S)Nc2ccccc2C(F)(F)F)cc(OCC(F)(F)F)c1. The Morgan fingerprint density at radius 3 is 1.91 bits per heavy atom. The van der Waals surface area contributed by atoms with E-state index in [1.165, 1.54) is 6.07 Å². The molecule has 0 fully saturated rings. The van der Waals surface area contributed by atoms with Crippen LogP contribution in [0.15, 0.2) is 42.5 Å². The third kappa shape index (κ3) is 8.43. The van der Waals surface area contributed by atoms with Gasteiger partial charge in [-0.25, -0.2) is 8.78 Å². The summed E-state index contributed by atoms with van der Waals surface area (Å²) >= 11 is 4.90. The Morgan fingerprint density at radius 1 is 0.824 bits per heavy atom. The van der Waals surface area contributed by atoms with E-state index in [1.807, 2.05) is 0 Å². The van der Waals surface area contributed by atoms with E-state index in [9.17, 15) is 43.9 Å². The van der Waals surface area contributed by atoms with Crippen LogP contribution in [0.2, 0.25) is 0 Å². The fourth-order valence-corrected chi connectivity index (χ4v) is 2.57. The van der Waals surface area contributed by atoms with Crippen LogP contribution < -0.4 is 20.1 Å². The number of nitrogens with one attached hydrogen (secondary N) is 2. The molecule has 4 nitrogen and oxygen atoms in total. The molecule has 2 aromatic rings. The van der Waals surface area contributed by atoms with Gasteiger partial charge in [0.25, 0.3) is 0 Å². The van der Waals surface area contributed by atoms with Crippen molar-refractivity contribution in [1.29, 1.82) is 0 Å². The molecular weight excluding hydrogens is 510 g/mol. The molecule has 0 aliphatic carbocycles. The second-order valence-electron chi connectivity index (χ2n) is 6.57. The summed E-state index contributed by atoms with van der Waals surface area (Å²) in [5.41, 5.74) is -1.78. The Labute approximate surface area is 190 Å². The second kappa shape index (κ2) is 10.5. The van der Waals surface area contributed by atoms with Crippen LogP contribution in [0, 0.1) is 0 Å². The minimum Gasteiger partial charge on any atom is -0.487 e. The normalized spacial score (nSPS) is 12.4. The smallest absolute Gasteiger partial charge is 0.422 e. The summed E-state index contributed by atoms with van der Waals surface area (Å²) in [6, 6.07) is 6.77. The summed E-state index contributed by atoms with van der Waals surface area (Å²) in [5.74, 6) is -5.73. The van der Waals surface area contributed by atoms with Crippen LogP contribution >= 0.6 is 12.2 Å². The van der Waals surface area contributed by atoms with E-state index in [4.69, 9.17) is 12.2 Å². The maximum atomic E-state index is 13.1. The van der Waals surface area contributed by atoms with E-state index >= 15 is 0 Å². The monoisotopic (exact) mass is 524 g/mol. The molecule has 0 saturated carbocycles. The molecule has 2 aromatic carbocycles. The zero-order chi connectivity index (χ0) is 25.7. The number of alkyl halides is 10. The van der Waals surface area contributed by atoms with E-state index in [0.29, 0.717) is 0 Å². The van der Waals surface area contributed by atoms with Crippen molar-refractivity contribution in [3.05, 3.63) is 48.0 Å². The van der Waals surface area contributed by atoms with E-state index in [1.54, 1.807) is 0 Å². The first-order valence-electron chi connectivity index (χ1n) is 8.94. The van der Waals surface area contributed by atoms with Gasteiger partial charge in [0.15, 0.2) is 18.3 Å². The van der Waals surface area contributed by atoms with Gasteiger partial charge < -0.3 is 20.1 Å². The first kappa shape index (κ1) is 27.3. The topological polar surface area (TPSA) is 42.5 Å². The van der Waals surface area contributed by atoms with Gasteiger partial charge in [0.2, 0.25) is 0 Å². The maximum absolute atomic E-state index is 13.1. The number of hydrogen-bond acceptors (Lipinski definition) is 3. The Kier molecular flexibility index (Phi) is 8.45. The zero-order valence-electron chi connectivity index (χ0n) is 16.5. The lowest BCUT2D eigenvalue weighted by atomic mass is 10.1. The summed E-state index contributed by atoms with van der Waals surface area (Å²) < 4.78 is 137. The molecule has 0 bridgehead atoms. The molecule has 0 heterocycles. The van der Waals surface area contributed by atoms with Crippen molar-refractivity contribution in [1.82, 2.24) is 0 Å². The Hall–Kier alpha value is -2.97. The molecule has 0 aliphatic heterocycles. The van der Waals surface area contributed by atoms with Gasteiger partial charge in [0.05, 0.1) is 11.3 Å². The van der Waals surface area contributed by atoms with Crippen LogP contribution in [0.1, 0.15) is 5.56 Å². The maximum Gasteiger partial charge on any atom is 0.422 e. The van der Waals surface area contributed by atoms with Gasteiger partial charge in [0.1, 0.15) is 11.5 Å². The van der Waals surface area contributed by atoms with Crippen LogP contribution in [0.25, 0.3) is 0 Å². The predicted octanol–water partition coefficient (Wildman–Crippen LogP) is 6.73. The standard InChI is InChI=1S/C19H14F10N2O2S/c20-15(21)17(22,23)8-32-11-5-10(6-12(7-11)33-9-18(24,25)26)30-16(34)31-14-4-2-1-3-13(14)19(27,28)29/h1-7,15H,8-9H2,(H2,30,31,34). The fraction of sp³-hybridized carbons (Fsp3) is 0.316. The first-order chi connectivity index (χ1) is 15.6. The van der Waals surface area contributed by atoms with E-state index in [-0.39, 0.29) is 5.69 Å². The number of halogens is 10. The van der Waals surface area contributed by atoms with Gasteiger partial charge in [-0.1, -0.05) is 12.1 Å². The fourth-order valence-electron chi connectivity index (χ4n) is 2.34. The molecule has 0 atom stereocenters. The van der Waals surface area contributed by atoms with Crippen LogP contribution in [0.3, 0.4) is 0 Å².